The molecule has 0 N–H and O–H groups in total. The SMILES string of the molecule is [C-]#[N+]/C(C#N)=C1\C(=C)C(=C)\C1=C(/C)C#N.[C-]#[N+]/C(C#N)=C1\C(=C)C1=C(C#N)C#N.[C-]#[N+]C([N+]#[C-])=C1C(=C)C(=C(C)C#N)C1=C. The molecule has 3 rings (SSSR count). The number of nitriles is 6. The lowest BCUT2D eigenvalue weighted by atomic mass is 9.73. The van der Waals surface area contributed by atoms with Gasteiger partial charge in [-0.15, -0.1) is 0 Å². The van der Waals surface area contributed by atoms with Crippen molar-refractivity contribution in [1.29, 1.82) is 31.6 Å². The van der Waals surface area contributed by atoms with E-state index in [1.807, 2.05) is 12.1 Å². The monoisotopic (exact) mass is 564 g/mol. The maximum Gasteiger partial charge on any atom is 0.527 e. The van der Waals surface area contributed by atoms with Gasteiger partial charge < -0.3 is 0 Å². The van der Waals surface area contributed by atoms with Crippen molar-refractivity contribution in [3.05, 3.63) is 174 Å². The fourth-order valence-corrected chi connectivity index (χ4v) is 3.91. The number of allylic oxidation sites excluding steroid dienone is 16. The highest BCUT2D eigenvalue weighted by Crippen LogP contribution is 2.48. The van der Waals surface area contributed by atoms with Crippen LogP contribution in [0.3, 0.4) is 0 Å². The summed E-state index contributed by atoms with van der Waals surface area (Å²) in [6, 6.07) is 10.8. The van der Waals surface area contributed by atoms with E-state index in [1.54, 1.807) is 38.1 Å². The van der Waals surface area contributed by atoms with Gasteiger partial charge in [0, 0.05) is 33.4 Å². The summed E-state index contributed by atoms with van der Waals surface area (Å²) >= 11 is 0. The lowest BCUT2D eigenvalue weighted by Gasteiger charge is -2.29. The van der Waals surface area contributed by atoms with Crippen LogP contribution in [0.1, 0.15) is 13.8 Å². The van der Waals surface area contributed by atoms with Gasteiger partial charge in [-0.1, -0.05) is 32.9 Å². The largest absolute Gasteiger partial charge is 0.527 e. The highest BCUT2D eigenvalue weighted by atomic mass is 14.9. The minimum Gasteiger partial charge on any atom is -0.226 e. The molecule has 3 saturated carbocycles. The molecular formula is C34H16N10. The summed E-state index contributed by atoms with van der Waals surface area (Å²) in [6.45, 7) is 48.9. The standard InChI is InChI=1S/2C12H7N3.C10H2N4/c1-7(6-13)10-8(2)11(9(10)3)12(14-4)15-5;1-7(5-13)11-8(2)9(3)12(11)10(6-14)15-4;1-6-9(7(3-11)4-12)10(6)8(5-13)14-2/h2*2-3H2,1H3;1H2/b;11-7-,12-10+;10-8+. The van der Waals surface area contributed by atoms with Crippen LogP contribution in [0.2, 0.25) is 0 Å². The molecule has 0 radical (unpaired) electrons. The van der Waals surface area contributed by atoms with Crippen molar-refractivity contribution < 1.29 is 0 Å². The summed E-state index contributed by atoms with van der Waals surface area (Å²) in [5.74, 6) is -0.0283. The minimum absolute atomic E-state index is 0.0283. The summed E-state index contributed by atoms with van der Waals surface area (Å²) in [5, 5.41) is 51.9. The topological polar surface area (TPSA) is 160 Å². The fraction of sp³-hybridized carbons (Fsp3) is 0.0588. The van der Waals surface area contributed by atoms with Crippen LogP contribution >= 0.6 is 0 Å². The van der Waals surface area contributed by atoms with Gasteiger partial charge in [-0.25, -0.2) is 20.2 Å². The zero-order valence-electron chi connectivity index (χ0n) is 23.5. The van der Waals surface area contributed by atoms with Crippen LogP contribution in [-0.4, -0.2) is 0 Å². The van der Waals surface area contributed by atoms with Gasteiger partial charge in [0.25, 0.3) is 11.4 Å². The van der Waals surface area contributed by atoms with Crippen LogP contribution in [0.4, 0.5) is 0 Å². The quantitative estimate of drug-likeness (QED) is 0.222. The third kappa shape index (κ3) is 6.10. The summed E-state index contributed by atoms with van der Waals surface area (Å²) in [6.07, 6.45) is 0. The Morgan fingerprint density at radius 1 is 0.455 bits per heavy atom. The molecule has 0 heterocycles. The van der Waals surface area contributed by atoms with E-state index in [9.17, 15) is 0 Å². The Balaban J connectivity index is 0.000000330. The Labute approximate surface area is 255 Å². The zero-order valence-corrected chi connectivity index (χ0v) is 23.5. The van der Waals surface area contributed by atoms with E-state index in [-0.39, 0.29) is 22.8 Å². The van der Waals surface area contributed by atoms with Crippen molar-refractivity contribution in [1.82, 2.24) is 0 Å². The number of hydrogen-bond acceptors (Lipinski definition) is 6. The molecule has 0 unspecified atom stereocenters. The number of hydrogen-bond donors (Lipinski definition) is 0. The molecule has 0 bridgehead atoms. The Hall–Kier alpha value is -7.96. The van der Waals surface area contributed by atoms with E-state index in [1.165, 1.54) is 0 Å². The first-order valence-electron chi connectivity index (χ1n) is 11.6. The molecule has 0 aliphatic heterocycles. The van der Waals surface area contributed by atoms with Gasteiger partial charge in [0.05, 0.1) is 43.0 Å². The van der Waals surface area contributed by atoms with Crippen molar-refractivity contribution in [3.63, 3.8) is 0 Å². The first-order valence-corrected chi connectivity index (χ1v) is 11.6. The second-order valence-electron chi connectivity index (χ2n) is 8.41. The van der Waals surface area contributed by atoms with Crippen LogP contribution < -0.4 is 0 Å². The first kappa shape index (κ1) is 34.1. The average Bonchev–Trinajstić information content (AvgIpc) is 3.69. The predicted octanol–water partition coefficient (Wildman–Crippen LogP) is 7.25. The van der Waals surface area contributed by atoms with Gasteiger partial charge >= 0.3 is 5.82 Å². The molecule has 0 atom stereocenters. The van der Waals surface area contributed by atoms with E-state index in [0.29, 0.717) is 72.5 Å². The second-order valence-corrected chi connectivity index (χ2v) is 8.41. The lowest BCUT2D eigenvalue weighted by molar-refractivity contribution is 1.19. The molecule has 202 valence electrons. The van der Waals surface area contributed by atoms with Crippen molar-refractivity contribution in [3.8, 4) is 36.4 Å². The summed E-state index contributed by atoms with van der Waals surface area (Å²) in [4.78, 5) is 12.3. The Morgan fingerprint density at radius 2 is 0.818 bits per heavy atom. The Kier molecular flexibility index (Phi) is 11.2. The third-order valence-corrected chi connectivity index (χ3v) is 6.12. The molecule has 0 amide bonds. The van der Waals surface area contributed by atoms with Gasteiger partial charge in [-0.3, -0.25) is 0 Å². The number of rotatable bonds is 0. The van der Waals surface area contributed by atoms with Gasteiger partial charge in [0.2, 0.25) is 0 Å². The molecule has 3 aliphatic carbocycles. The molecule has 3 fully saturated rings. The fourth-order valence-electron chi connectivity index (χ4n) is 3.91. The predicted molar refractivity (Wildman–Crippen MR) is 159 cm³/mol. The van der Waals surface area contributed by atoms with Crippen LogP contribution in [-0.2, 0) is 0 Å². The van der Waals surface area contributed by atoms with Crippen molar-refractivity contribution in [2.75, 3.05) is 0 Å². The highest BCUT2D eigenvalue weighted by molar-refractivity contribution is 5.85. The maximum atomic E-state index is 8.76. The first-order chi connectivity index (χ1) is 20.9. The normalized spacial score (nSPS) is 16.6. The molecule has 0 spiro atoms. The van der Waals surface area contributed by atoms with Crippen molar-refractivity contribution >= 4 is 0 Å². The van der Waals surface area contributed by atoms with E-state index < -0.39 is 0 Å². The van der Waals surface area contributed by atoms with E-state index in [2.05, 4.69) is 52.3 Å². The van der Waals surface area contributed by atoms with E-state index in [0.717, 1.165) is 0 Å². The smallest absolute Gasteiger partial charge is 0.226 e. The van der Waals surface area contributed by atoms with Gasteiger partial charge in [-0.2, -0.15) is 30.7 Å². The zero-order chi connectivity index (χ0) is 33.9. The van der Waals surface area contributed by atoms with Crippen molar-refractivity contribution in [2.24, 2.45) is 0 Å². The average molecular weight is 565 g/mol. The van der Waals surface area contributed by atoms with Crippen molar-refractivity contribution in [2.45, 2.75) is 13.8 Å². The third-order valence-electron chi connectivity index (χ3n) is 6.12. The van der Waals surface area contributed by atoms with Crippen LogP contribution in [0.15, 0.2) is 128 Å². The van der Waals surface area contributed by atoms with E-state index in [4.69, 9.17) is 57.9 Å². The van der Waals surface area contributed by atoms with Gasteiger partial charge in [-0.05, 0) is 47.3 Å². The lowest BCUT2D eigenvalue weighted by Crippen LogP contribution is -2.14. The minimum atomic E-state index is -0.118. The van der Waals surface area contributed by atoms with Gasteiger partial charge in [0.15, 0.2) is 0 Å². The number of nitrogens with zero attached hydrogens (tertiary/aromatic N) is 10. The molecule has 10 heteroatoms. The molecule has 10 nitrogen and oxygen atoms in total. The molecule has 0 aromatic carbocycles. The molecule has 0 saturated heterocycles. The molecular weight excluding hydrogens is 548 g/mol. The Morgan fingerprint density at radius 3 is 1.16 bits per heavy atom. The molecule has 0 aromatic heterocycles. The summed E-state index contributed by atoms with van der Waals surface area (Å²) in [7, 11) is 0. The summed E-state index contributed by atoms with van der Waals surface area (Å²) in [5.41, 5.74) is 6.45. The van der Waals surface area contributed by atoms with E-state index >= 15 is 0 Å². The van der Waals surface area contributed by atoms with Crippen LogP contribution in [0.5, 0.6) is 0 Å². The maximum absolute atomic E-state index is 8.76. The second kappa shape index (κ2) is 14.4. The highest BCUT2D eigenvalue weighted by Gasteiger charge is 2.36. The van der Waals surface area contributed by atoms with Crippen LogP contribution in [0, 0.1) is 94.3 Å². The Bertz CT molecular complexity index is 2010. The van der Waals surface area contributed by atoms with Gasteiger partial charge in [0.1, 0.15) is 30.9 Å². The molecule has 0 aromatic rings. The molecule has 44 heavy (non-hydrogen) atoms. The molecule has 3 aliphatic rings. The van der Waals surface area contributed by atoms with Crippen LogP contribution in [0.25, 0.3) is 19.4 Å². The summed E-state index contributed by atoms with van der Waals surface area (Å²) < 4.78 is 0.